The van der Waals surface area contributed by atoms with Gasteiger partial charge in [-0.2, -0.15) is 0 Å². The Morgan fingerprint density at radius 2 is 0.944 bits per heavy atom. The molecule has 6 aromatic rings. The van der Waals surface area contributed by atoms with Crippen LogP contribution in [0.15, 0.2) is 84.9 Å². The topological polar surface area (TPSA) is 68.1 Å². The van der Waals surface area contributed by atoms with Crippen LogP contribution in [0.25, 0.3) is 43.6 Å². The molecule has 0 aliphatic carbocycles. The van der Waals surface area contributed by atoms with Crippen LogP contribution in [0.1, 0.15) is 13.8 Å². The van der Waals surface area contributed by atoms with Crippen LogP contribution in [0.2, 0.25) is 0 Å². The molecule has 0 fully saturated rings. The molecule has 36 heavy (non-hydrogen) atoms. The average molecular weight is 475 g/mol. The molecule has 0 saturated carbocycles. The largest absolute Gasteiger partial charge is 0.341 e. The lowest BCUT2D eigenvalue weighted by Gasteiger charge is -2.08. The van der Waals surface area contributed by atoms with Gasteiger partial charge in [-0.3, -0.25) is 9.59 Å². The number of para-hydroxylation sites is 2. The van der Waals surface area contributed by atoms with Crippen molar-refractivity contribution < 1.29 is 9.59 Å². The minimum Gasteiger partial charge on any atom is -0.341 e. The molecule has 6 heteroatoms. The third-order valence-corrected chi connectivity index (χ3v) is 6.90. The smallest absolute Gasteiger partial charge is 0.314 e. The molecule has 0 bridgehead atoms. The van der Waals surface area contributed by atoms with Gasteiger partial charge in [-0.15, -0.1) is 0 Å². The lowest BCUT2D eigenvalue weighted by molar-refractivity contribution is -0.132. The number of hydrogen-bond acceptors (Lipinski definition) is 2. The van der Waals surface area contributed by atoms with Crippen LogP contribution in [0.4, 0.5) is 11.4 Å². The number of carbonyl (C=O) groups excluding carboxylic acids is 2. The van der Waals surface area contributed by atoms with E-state index in [1.165, 1.54) is 0 Å². The zero-order chi connectivity index (χ0) is 24.8. The number of rotatable bonds is 4. The number of aromatic nitrogens is 2. The summed E-state index contributed by atoms with van der Waals surface area (Å²) in [6.45, 7) is 5.92. The Bertz CT molecular complexity index is 1670. The van der Waals surface area contributed by atoms with Gasteiger partial charge in [0.15, 0.2) is 0 Å². The maximum absolute atomic E-state index is 12.8. The number of amides is 2. The van der Waals surface area contributed by atoms with Crippen LogP contribution in [-0.4, -0.2) is 20.9 Å². The Morgan fingerprint density at radius 3 is 1.36 bits per heavy atom. The minimum atomic E-state index is -0.704. The highest BCUT2D eigenvalue weighted by molar-refractivity contribution is 6.43. The maximum Gasteiger partial charge on any atom is 0.314 e. The first-order valence-electron chi connectivity index (χ1n) is 12.2. The van der Waals surface area contributed by atoms with E-state index >= 15 is 0 Å². The van der Waals surface area contributed by atoms with Crippen LogP contribution in [0, 0.1) is 0 Å². The summed E-state index contributed by atoms with van der Waals surface area (Å²) in [5, 5.41) is 9.85. The summed E-state index contributed by atoms with van der Waals surface area (Å²) < 4.78 is 4.49. The summed E-state index contributed by atoms with van der Waals surface area (Å²) in [6.07, 6.45) is 0. The molecule has 2 aromatic heterocycles. The summed E-state index contributed by atoms with van der Waals surface area (Å²) in [6, 6.07) is 27.9. The van der Waals surface area contributed by atoms with Gasteiger partial charge in [0.2, 0.25) is 0 Å². The van der Waals surface area contributed by atoms with E-state index in [0.29, 0.717) is 11.4 Å². The predicted octanol–water partition coefficient (Wildman–Crippen LogP) is 6.52. The van der Waals surface area contributed by atoms with Crippen molar-refractivity contribution in [2.75, 3.05) is 10.6 Å². The molecule has 6 nitrogen and oxygen atoms in total. The summed E-state index contributed by atoms with van der Waals surface area (Å²) in [4.78, 5) is 25.5. The average Bonchev–Trinajstić information content (AvgIpc) is 3.40. The van der Waals surface area contributed by atoms with Crippen molar-refractivity contribution in [2.45, 2.75) is 26.9 Å². The monoisotopic (exact) mass is 474 g/mol. The van der Waals surface area contributed by atoms with Crippen molar-refractivity contribution >= 4 is 66.8 Å². The van der Waals surface area contributed by atoms with E-state index in [2.05, 4.69) is 57.9 Å². The van der Waals surface area contributed by atoms with Crippen molar-refractivity contribution in [2.24, 2.45) is 0 Å². The quantitative estimate of drug-likeness (QED) is 0.286. The number of benzene rings is 4. The zero-order valence-corrected chi connectivity index (χ0v) is 20.2. The normalized spacial score (nSPS) is 11.5. The molecule has 6 rings (SSSR count). The van der Waals surface area contributed by atoms with E-state index in [1.807, 2.05) is 60.7 Å². The number of nitrogens with one attached hydrogen (secondary N) is 2. The van der Waals surface area contributed by atoms with Gasteiger partial charge in [-0.05, 0) is 62.4 Å². The fraction of sp³-hybridized carbons (Fsp3) is 0.133. The zero-order valence-electron chi connectivity index (χ0n) is 20.2. The molecule has 0 aliphatic rings. The van der Waals surface area contributed by atoms with E-state index in [0.717, 1.165) is 56.7 Å². The molecule has 0 radical (unpaired) electrons. The van der Waals surface area contributed by atoms with E-state index in [4.69, 9.17) is 0 Å². The Hall–Kier alpha value is -4.58. The Morgan fingerprint density at radius 1 is 0.556 bits per heavy atom. The molecule has 0 spiro atoms. The summed E-state index contributed by atoms with van der Waals surface area (Å²) >= 11 is 0. The molecular formula is C30H26N4O2. The van der Waals surface area contributed by atoms with Gasteiger partial charge >= 0.3 is 11.8 Å². The van der Waals surface area contributed by atoms with Gasteiger partial charge in [0.05, 0.1) is 0 Å². The minimum absolute atomic E-state index is 0.586. The molecule has 0 aliphatic heterocycles. The number of nitrogens with zero attached hydrogens (tertiary/aromatic N) is 2. The number of aryl methyl sites for hydroxylation is 2. The Labute approximate surface area is 208 Å². The molecule has 2 amide bonds. The molecule has 4 aromatic carbocycles. The third-order valence-electron chi connectivity index (χ3n) is 6.90. The van der Waals surface area contributed by atoms with E-state index in [9.17, 15) is 9.59 Å². The molecule has 178 valence electrons. The molecule has 0 unspecified atom stereocenters. The molecule has 0 saturated heterocycles. The Balaban J connectivity index is 1.27. The van der Waals surface area contributed by atoms with Crippen molar-refractivity contribution in [1.82, 2.24) is 9.13 Å². The lowest BCUT2D eigenvalue weighted by atomic mass is 10.1. The highest BCUT2D eigenvalue weighted by Gasteiger charge is 2.17. The molecular weight excluding hydrogens is 448 g/mol. The van der Waals surface area contributed by atoms with Crippen LogP contribution < -0.4 is 10.6 Å². The van der Waals surface area contributed by atoms with Crippen LogP contribution >= 0.6 is 0 Å². The van der Waals surface area contributed by atoms with Crippen molar-refractivity contribution in [3.05, 3.63) is 84.9 Å². The first-order valence-corrected chi connectivity index (χ1v) is 12.2. The first-order chi connectivity index (χ1) is 17.6. The second-order valence-electron chi connectivity index (χ2n) is 8.89. The van der Waals surface area contributed by atoms with Gasteiger partial charge in [0.25, 0.3) is 0 Å². The number of fused-ring (bicyclic) bond motifs is 6. The van der Waals surface area contributed by atoms with Crippen molar-refractivity contribution in [1.29, 1.82) is 0 Å². The highest BCUT2D eigenvalue weighted by atomic mass is 16.2. The van der Waals surface area contributed by atoms with Gasteiger partial charge < -0.3 is 19.8 Å². The van der Waals surface area contributed by atoms with E-state index in [-0.39, 0.29) is 0 Å². The first kappa shape index (κ1) is 21.9. The number of anilines is 2. The fourth-order valence-corrected chi connectivity index (χ4v) is 5.32. The van der Waals surface area contributed by atoms with Gasteiger partial charge in [-0.25, -0.2) is 0 Å². The molecule has 0 atom stereocenters. The highest BCUT2D eigenvalue weighted by Crippen LogP contribution is 2.32. The molecule has 2 heterocycles. The SMILES string of the molecule is CCn1c2ccccc2c2cc(NC(=O)C(=O)Nc3ccc4c(c3)c3ccccc3n4CC)ccc21. The fourth-order valence-electron chi connectivity index (χ4n) is 5.32. The van der Waals surface area contributed by atoms with E-state index < -0.39 is 11.8 Å². The molecule has 2 N–H and O–H groups in total. The number of carbonyl (C=O) groups is 2. The van der Waals surface area contributed by atoms with Gasteiger partial charge in [-0.1, -0.05) is 36.4 Å². The summed E-state index contributed by atoms with van der Waals surface area (Å²) in [5.41, 5.74) is 5.67. The van der Waals surface area contributed by atoms with Crippen molar-refractivity contribution in [3.8, 4) is 0 Å². The third kappa shape index (κ3) is 3.41. The van der Waals surface area contributed by atoms with Gasteiger partial charge in [0.1, 0.15) is 0 Å². The Kier molecular flexibility index (Phi) is 5.22. The number of hydrogen-bond donors (Lipinski definition) is 2. The second-order valence-corrected chi connectivity index (χ2v) is 8.89. The van der Waals surface area contributed by atoms with Crippen LogP contribution in [0.3, 0.4) is 0 Å². The van der Waals surface area contributed by atoms with Gasteiger partial charge in [0, 0.05) is 68.1 Å². The van der Waals surface area contributed by atoms with Crippen LogP contribution in [-0.2, 0) is 22.7 Å². The summed E-state index contributed by atoms with van der Waals surface area (Å²) in [7, 11) is 0. The maximum atomic E-state index is 12.8. The second kappa shape index (κ2) is 8.57. The summed E-state index contributed by atoms with van der Waals surface area (Å²) in [5.74, 6) is -1.41. The standard InChI is InChI=1S/C30H26N4O2/c1-3-33-25-11-7-5-9-21(25)23-17-19(13-15-27(23)33)31-29(35)30(36)32-20-14-16-28-24(18-20)22-10-6-8-12-26(22)34(28)4-2/h5-18H,3-4H2,1-2H3,(H,31,35)(H,32,36). The predicted molar refractivity (Wildman–Crippen MR) is 147 cm³/mol. The lowest BCUT2D eigenvalue weighted by Crippen LogP contribution is -2.29. The van der Waals surface area contributed by atoms with Crippen LogP contribution in [0.5, 0.6) is 0 Å². The van der Waals surface area contributed by atoms with E-state index in [1.54, 1.807) is 0 Å². The van der Waals surface area contributed by atoms with Crippen molar-refractivity contribution in [3.63, 3.8) is 0 Å².